The molecular weight excluding hydrogens is 232 g/mol. The van der Waals surface area contributed by atoms with Crippen LogP contribution in [0.25, 0.3) is 0 Å². The summed E-state index contributed by atoms with van der Waals surface area (Å²) in [6, 6.07) is 5.04. The molecule has 0 radical (unpaired) electrons. The monoisotopic (exact) mass is 248 g/mol. The van der Waals surface area contributed by atoms with Crippen LogP contribution in [-0.2, 0) is 9.59 Å². The van der Waals surface area contributed by atoms with Crippen LogP contribution < -0.4 is 10.6 Å². The molecule has 96 valence electrons. The summed E-state index contributed by atoms with van der Waals surface area (Å²) < 4.78 is 0. The summed E-state index contributed by atoms with van der Waals surface area (Å²) in [6.45, 7) is 4.16. The Morgan fingerprint density at radius 3 is 2.72 bits per heavy atom. The number of amides is 1. The third-order valence-electron chi connectivity index (χ3n) is 2.99. The number of hydrogen-bond donors (Lipinski definition) is 3. The zero-order chi connectivity index (χ0) is 13.3. The normalized spacial score (nSPS) is 17.9. The lowest BCUT2D eigenvalue weighted by Crippen LogP contribution is -2.40. The van der Waals surface area contributed by atoms with Crippen LogP contribution in [0, 0.1) is 0 Å². The maximum Gasteiger partial charge on any atom is 0.305 e. The molecule has 0 saturated heterocycles. The first-order valence-corrected chi connectivity index (χ1v) is 5.90. The SMILES string of the molecule is CC(C)c1ccc2c(c1)NC(CC(=O)O)C(=O)N2. The van der Waals surface area contributed by atoms with E-state index in [1.54, 1.807) is 0 Å². The highest BCUT2D eigenvalue weighted by atomic mass is 16.4. The van der Waals surface area contributed by atoms with Gasteiger partial charge in [-0.15, -0.1) is 0 Å². The quantitative estimate of drug-likeness (QED) is 0.764. The van der Waals surface area contributed by atoms with Crippen LogP contribution in [0.3, 0.4) is 0 Å². The van der Waals surface area contributed by atoms with E-state index in [2.05, 4.69) is 24.5 Å². The van der Waals surface area contributed by atoms with E-state index in [-0.39, 0.29) is 12.3 Å². The van der Waals surface area contributed by atoms with Gasteiger partial charge < -0.3 is 15.7 Å². The first kappa shape index (κ1) is 12.4. The molecule has 1 heterocycles. The summed E-state index contributed by atoms with van der Waals surface area (Å²) in [5.74, 6) is -0.916. The van der Waals surface area contributed by atoms with Gasteiger partial charge in [0.05, 0.1) is 17.8 Å². The minimum absolute atomic E-state index is 0.225. The Bertz CT molecular complexity index is 497. The first-order valence-electron chi connectivity index (χ1n) is 5.90. The average molecular weight is 248 g/mol. The molecule has 0 aromatic heterocycles. The summed E-state index contributed by atoms with van der Waals surface area (Å²) in [6.07, 6.45) is -0.225. The molecule has 0 spiro atoms. The number of fused-ring (bicyclic) bond motifs is 1. The smallest absolute Gasteiger partial charge is 0.305 e. The van der Waals surface area contributed by atoms with Crippen molar-refractivity contribution in [2.24, 2.45) is 0 Å². The van der Waals surface area contributed by atoms with Crippen LogP contribution in [-0.4, -0.2) is 23.0 Å². The lowest BCUT2D eigenvalue weighted by Gasteiger charge is -2.26. The Labute approximate surface area is 105 Å². The van der Waals surface area contributed by atoms with Gasteiger partial charge in [0, 0.05) is 0 Å². The van der Waals surface area contributed by atoms with Gasteiger partial charge in [0.15, 0.2) is 0 Å². The molecule has 1 aliphatic heterocycles. The molecule has 1 aliphatic rings. The fourth-order valence-electron chi connectivity index (χ4n) is 1.94. The highest BCUT2D eigenvalue weighted by Crippen LogP contribution is 2.30. The van der Waals surface area contributed by atoms with Gasteiger partial charge in [-0.3, -0.25) is 9.59 Å². The number of aliphatic carboxylic acids is 1. The van der Waals surface area contributed by atoms with Gasteiger partial charge in [-0.25, -0.2) is 0 Å². The van der Waals surface area contributed by atoms with Gasteiger partial charge in [0.1, 0.15) is 6.04 Å². The molecule has 1 aromatic rings. The molecule has 5 heteroatoms. The number of benzene rings is 1. The summed E-state index contributed by atoms with van der Waals surface area (Å²) in [5, 5.41) is 14.5. The number of carbonyl (C=O) groups excluding carboxylic acids is 1. The van der Waals surface area contributed by atoms with Crippen molar-refractivity contribution < 1.29 is 14.7 Å². The molecule has 1 aromatic carbocycles. The Morgan fingerprint density at radius 1 is 1.39 bits per heavy atom. The van der Waals surface area contributed by atoms with Crippen molar-refractivity contribution in [3.63, 3.8) is 0 Å². The zero-order valence-corrected chi connectivity index (χ0v) is 10.4. The molecule has 2 rings (SSSR count). The third-order valence-corrected chi connectivity index (χ3v) is 2.99. The van der Waals surface area contributed by atoms with Crippen LogP contribution >= 0.6 is 0 Å². The van der Waals surface area contributed by atoms with E-state index in [4.69, 9.17) is 5.11 Å². The number of carboxylic acid groups (broad SMARTS) is 1. The number of anilines is 2. The molecule has 1 atom stereocenters. The predicted octanol–water partition coefficient (Wildman–Crippen LogP) is 2.02. The third kappa shape index (κ3) is 2.45. The van der Waals surface area contributed by atoms with Crippen molar-refractivity contribution in [1.29, 1.82) is 0 Å². The minimum Gasteiger partial charge on any atom is -0.481 e. The topological polar surface area (TPSA) is 78.4 Å². The van der Waals surface area contributed by atoms with Crippen molar-refractivity contribution in [3.05, 3.63) is 23.8 Å². The maximum absolute atomic E-state index is 11.7. The number of hydrogen-bond acceptors (Lipinski definition) is 3. The van der Waals surface area contributed by atoms with E-state index in [0.717, 1.165) is 11.3 Å². The Balaban J connectivity index is 2.27. The fourth-order valence-corrected chi connectivity index (χ4v) is 1.94. The van der Waals surface area contributed by atoms with E-state index in [1.807, 2.05) is 18.2 Å². The lowest BCUT2D eigenvalue weighted by molar-refractivity contribution is -0.138. The molecule has 0 aliphatic carbocycles. The molecule has 1 amide bonds. The van der Waals surface area contributed by atoms with Gasteiger partial charge in [0.2, 0.25) is 5.91 Å². The van der Waals surface area contributed by atoms with Crippen molar-refractivity contribution >= 4 is 23.3 Å². The van der Waals surface area contributed by atoms with Crippen LogP contribution in [0.15, 0.2) is 18.2 Å². The summed E-state index contributed by atoms with van der Waals surface area (Å²) >= 11 is 0. The van der Waals surface area contributed by atoms with Crippen LogP contribution in [0.1, 0.15) is 31.7 Å². The van der Waals surface area contributed by atoms with Crippen LogP contribution in [0.2, 0.25) is 0 Å². The Kier molecular flexibility index (Phi) is 3.23. The highest BCUT2D eigenvalue weighted by molar-refractivity contribution is 6.04. The molecule has 0 fully saturated rings. The van der Waals surface area contributed by atoms with Crippen LogP contribution in [0.5, 0.6) is 0 Å². The van der Waals surface area contributed by atoms with Gasteiger partial charge in [-0.2, -0.15) is 0 Å². The fraction of sp³-hybridized carbons (Fsp3) is 0.385. The van der Waals surface area contributed by atoms with Gasteiger partial charge in [0.25, 0.3) is 0 Å². The molecule has 0 bridgehead atoms. The Hall–Kier alpha value is -2.04. The molecular formula is C13H16N2O3. The number of carbonyl (C=O) groups is 2. The molecule has 5 nitrogen and oxygen atoms in total. The molecule has 3 N–H and O–H groups in total. The number of nitrogens with one attached hydrogen (secondary N) is 2. The first-order chi connectivity index (χ1) is 8.47. The predicted molar refractivity (Wildman–Crippen MR) is 68.8 cm³/mol. The minimum atomic E-state index is -0.994. The van der Waals surface area contributed by atoms with Crippen molar-refractivity contribution in [2.45, 2.75) is 32.2 Å². The summed E-state index contributed by atoms with van der Waals surface area (Å²) in [4.78, 5) is 22.4. The number of rotatable bonds is 3. The standard InChI is InChI=1S/C13H16N2O3/c1-7(2)8-3-4-9-10(5-8)14-11(6-12(16)17)13(18)15-9/h3-5,7,11,14H,6H2,1-2H3,(H,15,18)(H,16,17). The van der Waals surface area contributed by atoms with Gasteiger partial charge in [-0.1, -0.05) is 19.9 Å². The summed E-state index contributed by atoms with van der Waals surface area (Å²) in [5.41, 5.74) is 2.63. The van der Waals surface area contributed by atoms with Crippen LogP contribution in [0.4, 0.5) is 11.4 Å². The van der Waals surface area contributed by atoms with Gasteiger partial charge >= 0.3 is 5.97 Å². The zero-order valence-electron chi connectivity index (χ0n) is 10.4. The highest BCUT2D eigenvalue weighted by Gasteiger charge is 2.27. The van der Waals surface area contributed by atoms with Gasteiger partial charge in [-0.05, 0) is 23.6 Å². The Morgan fingerprint density at radius 2 is 2.11 bits per heavy atom. The van der Waals surface area contributed by atoms with E-state index in [0.29, 0.717) is 11.6 Å². The maximum atomic E-state index is 11.7. The van der Waals surface area contributed by atoms with E-state index in [1.165, 1.54) is 0 Å². The van der Waals surface area contributed by atoms with E-state index < -0.39 is 12.0 Å². The largest absolute Gasteiger partial charge is 0.481 e. The molecule has 1 unspecified atom stereocenters. The number of carboxylic acids is 1. The second-order valence-corrected chi connectivity index (χ2v) is 4.74. The van der Waals surface area contributed by atoms with E-state index >= 15 is 0 Å². The second kappa shape index (κ2) is 4.68. The lowest BCUT2D eigenvalue weighted by atomic mass is 10.00. The van der Waals surface area contributed by atoms with Crippen molar-refractivity contribution in [2.75, 3.05) is 10.6 Å². The average Bonchev–Trinajstić information content (AvgIpc) is 2.28. The van der Waals surface area contributed by atoms with E-state index in [9.17, 15) is 9.59 Å². The second-order valence-electron chi connectivity index (χ2n) is 4.74. The van der Waals surface area contributed by atoms with Crippen molar-refractivity contribution in [1.82, 2.24) is 0 Å². The molecule has 18 heavy (non-hydrogen) atoms. The summed E-state index contributed by atoms with van der Waals surface area (Å²) in [7, 11) is 0. The molecule has 0 saturated carbocycles. The van der Waals surface area contributed by atoms with Crippen molar-refractivity contribution in [3.8, 4) is 0 Å².